The Kier molecular flexibility index (Phi) is 7.67. The van der Waals surface area contributed by atoms with Crippen LogP contribution in [0.3, 0.4) is 0 Å². The van der Waals surface area contributed by atoms with E-state index in [4.69, 9.17) is 14.0 Å². The molecule has 7 atom stereocenters. The maximum absolute atomic E-state index is 12.7. The largest absolute Gasteiger partial charge is 0.388 e. The molecule has 1 aromatic heterocycles. The standard InChI is InChI=1S/C19H33N2O8P/c1-7-18(4,29-30(25,26)19(5,24)8-2)9-13-14(22)16(27-6)15(28-13)12-10-20-17(23)21-11(12)3/h10,13-16,22,24H,7-9H2,1-6H3,(H,25,26)(H,20,21,23)/t13-,14?,15+,16+,18?,19?/m1/s1. The first kappa shape index (κ1) is 25.1. The highest BCUT2D eigenvalue weighted by Gasteiger charge is 2.51. The van der Waals surface area contributed by atoms with Crippen LogP contribution < -0.4 is 5.69 Å². The van der Waals surface area contributed by atoms with Gasteiger partial charge in [0.2, 0.25) is 0 Å². The lowest BCUT2D eigenvalue weighted by Crippen LogP contribution is -2.40. The lowest BCUT2D eigenvalue weighted by Gasteiger charge is -2.37. The molecule has 0 aliphatic carbocycles. The number of nitrogens with zero attached hydrogens (tertiary/aromatic N) is 1. The van der Waals surface area contributed by atoms with Crippen LogP contribution in [0.5, 0.6) is 0 Å². The number of rotatable bonds is 9. The average Bonchev–Trinajstić information content (AvgIpc) is 2.96. The Labute approximate surface area is 176 Å². The number of aromatic nitrogens is 2. The number of methoxy groups -OCH3 is 1. The third-order valence-corrected chi connectivity index (χ3v) is 8.19. The van der Waals surface area contributed by atoms with Gasteiger partial charge in [0.15, 0.2) is 5.34 Å². The molecular weight excluding hydrogens is 415 g/mol. The van der Waals surface area contributed by atoms with Gasteiger partial charge in [-0.1, -0.05) is 13.8 Å². The van der Waals surface area contributed by atoms with Gasteiger partial charge in [0.05, 0.1) is 11.7 Å². The van der Waals surface area contributed by atoms with E-state index in [1.54, 1.807) is 27.7 Å². The highest BCUT2D eigenvalue weighted by molar-refractivity contribution is 7.54. The number of hydrogen-bond donors (Lipinski definition) is 4. The van der Waals surface area contributed by atoms with Gasteiger partial charge in [-0.25, -0.2) is 9.78 Å². The first-order valence-electron chi connectivity index (χ1n) is 9.99. The molecule has 1 aromatic rings. The van der Waals surface area contributed by atoms with Gasteiger partial charge in [-0.2, -0.15) is 0 Å². The van der Waals surface area contributed by atoms with Crippen LogP contribution in [0.15, 0.2) is 11.0 Å². The van der Waals surface area contributed by atoms with E-state index in [1.807, 2.05) is 0 Å². The fourth-order valence-electron chi connectivity index (χ4n) is 3.46. The van der Waals surface area contributed by atoms with E-state index < -0.39 is 48.6 Å². The minimum atomic E-state index is -4.38. The van der Waals surface area contributed by atoms with Gasteiger partial charge in [0.25, 0.3) is 0 Å². The molecule has 0 saturated carbocycles. The minimum absolute atomic E-state index is 0.0371. The van der Waals surface area contributed by atoms with Crippen LogP contribution in [0.2, 0.25) is 0 Å². The number of aliphatic hydroxyl groups is 2. The van der Waals surface area contributed by atoms with Gasteiger partial charge in [0.1, 0.15) is 18.3 Å². The second-order valence-electron chi connectivity index (χ2n) is 8.24. The normalized spacial score (nSPS) is 30.4. The first-order chi connectivity index (χ1) is 13.8. The van der Waals surface area contributed by atoms with E-state index in [9.17, 15) is 24.5 Å². The van der Waals surface area contributed by atoms with E-state index in [0.29, 0.717) is 17.7 Å². The molecule has 1 aliphatic rings. The SMILES string of the molecule is CCC(C)(C[C@H]1O[C@@H](c2cnc(=O)[nH]c2C)[C@@H](OC)C1O)OP(=O)(O)C(C)(O)CC. The molecule has 4 unspecified atom stereocenters. The van der Waals surface area contributed by atoms with Crippen LogP contribution in [0, 0.1) is 6.92 Å². The fraction of sp³-hybridized carbons (Fsp3) is 0.789. The Balaban J connectivity index is 2.28. The summed E-state index contributed by atoms with van der Waals surface area (Å²) in [4.78, 5) is 28.1. The lowest BCUT2D eigenvalue weighted by molar-refractivity contribution is -0.0532. The van der Waals surface area contributed by atoms with Crippen LogP contribution in [-0.4, -0.2) is 61.4 Å². The zero-order valence-corrected chi connectivity index (χ0v) is 19.2. The quantitative estimate of drug-likeness (QED) is 0.414. The monoisotopic (exact) mass is 448 g/mol. The van der Waals surface area contributed by atoms with Crippen molar-refractivity contribution in [1.29, 1.82) is 0 Å². The number of aryl methyl sites for hydroxylation is 1. The number of ether oxygens (including phenoxy) is 2. The van der Waals surface area contributed by atoms with Crippen LogP contribution >= 0.6 is 7.60 Å². The molecule has 1 saturated heterocycles. The van der Waals surface area contributed by atoms with Gasteiger partial charge >= 0.3 is 13.3 Å². The Morgan fingerprint density at radius 2 is 1.97 bits per heavy atom. The van der Waals surface area contributed by atoms with E-state index >= 15 is 0 Å². The molecule has 0 spiro atoms. The molecular formula is C19H33N2O8P. The molecule has 2 heterocycles. The molecule has 0 radical (unpaired) electrons. The topological polar surface area (TPSA) is 151 Å². The summed E-state index contributed by atoms with van der Waals surface area (Å²) in [7, 11) is -2.94. The third kappa shape index (κ3) is 5.02. The Hall–Kier alpha value is -1.13. The molecule has 4 N–H and O–H groups in total. The van der Waals surface area contributed by atoms with Crippen molar-refractivity contribution in [2.24, 2.45) is 0 Å². The molecule has 0 bridgehead atoms. The maximum Gasteiger partial charge on any atom is 0.359 e. The van der Waals surface area contributed by atoms with Crippen molar-refractivity contribution in [1.82, 2.24) is 9.97 Å². The summed E-state index contributed by atoms with van der Waals surface area (Å²) in [6.45, 7) is 7.96. The summed E-state index contributed by atoms with van der Waals surface area (Å²) >= 11 is 0. The molecule has 0 aromatic carbocycles. The summed E-state index contributed by atoms with van der Waals surface area (Å²) in [5.41, 5.74) is -0.526. The Morgan fingerprint density at radius 1 is 1.33 bits per heavy atom. The smallest absolute Gasteiger partial charge is 0.359 e. The van der Waals surface area contributed by atoms with Crippen molar-refractivity contribution >= 4 is 7.60 Å². The summed E-state index contributed by atoms with van der Waals surface area (Å²) in [5.74, 6) is 0. The third-order valence-electron chi connectivity index (χ3n) is 5.97. The van der Waals surface area contributed by atoms with Crippen LogP contribution in [-0.2, 0) is 18.6 Å². The van der Waals surface area contributed by atoms with Gasteiger partial charge in [-0.3, -0.25) is 4.57 Å². The molecule has 2 rings (SSSR count). The number of nitrogens with one attached hydrogen (secondary N) is 1. The van der Waals surface area contributed by atoms with Crippen molar-refractivity contribution < 1.29 is 33.7 Å². The van der Waals surface area contributed by atoms with Gasteiger partial charge in [-0.15, -0.1) is 0 Å². The van der Waals surface area contributed by atoms with Crippen molar-refractivity contribution in [3.8, 4) is 0 Å². The Morgan fingerprint density at radius 3 is 2.47 bits per heavy atom. The molecule has 10 nitrogen and oxygen atoms in total. The highest BCUT2D eigenvalue weighted by atomic mass is 31.2. The summed E-state index contributed by atoms with van der Waals surface area (Å²) in [6.07, 6.45) is -1.41. The van der Waals surface area contributed by atoms with Crippen molar-refractivity contribution in [2.45, 2.75) is 89.2 Å². The van der Waals surface area contributed by atoms with E-state index in [1.165, 1.54) is 20.2 Å². The van der Waals surface area contributed by atoms with Crippen LogP contribution in [0.4, 0.5) is 0 Å². The number of aromatic amines is 1. The van der Waals surface area contributed by atoms with Gasteiger partial charge in [-0.05, 0) is 33.6 Å². The predicted molar refractivity (Wildman–Crippen MR) is 109 cm³/mol. The highest BCUT2D eigenvalue weighted by Crippen LogP contribution is 2.59. The van der Waals surface area contributed by atoms with Gasteiger partial charge < -0.3 is 34.1 Å². The average molecular weight is 448 g/mol. The number of aliphatic hydroxyl groups excluding tert-OH is 1. The molecule has 0 amide bonds. The summed E-state index contributed by atoms with van der Waals surface area (Å²) in [5, 5.41) is 19.2. The Bertz CT molecular complexity index is 844. The molecule has 172 valence electrons. The maximum atomic E-state index is 12.7. The van der Waals surface area contributed by atoms with Crippen LogP contribution in [0.1, 0.15) is 64.3 Å². The van der Waals surface area contributed by atoms with E-state index in [2.05, 4.69) is 9.97 Å². The summed E-state index contributed by atoms with van der Waals surface area (Å²) < 4.78 is 29.8. The second-order valence-corrected chi connectivity index (χ2v) is 10.4. The lowest BCUT2D eigenvalue weighted by atomic mass is 9.92. The van der Waals surface area contributed by atoms with Gasteiger partial charge in [0, 0.05) is 31.0 Å². The summed E-state index contributed by atoms with van der Waals surface area (Å²) in [6, 6.07) is 0. The van der Waals surface area contributed by atoms with Crippen LogP contribution in [0.25, 0.3) is 0 Å². The van der Waals surface area contributed by atoms with Crippen molar-refractivity contribution in [2.75, 3.05) is 7.11 Å². The van der Waals surface area contributed by atoms with Crippen molar-refractivity contribution in [3.05, 3.63) is 27.9 Å². The molecule has 30 heavy (non-hydrogen) atoms. The zero-order chi connectivity index (χ0) is 22.9. The first-order valence-corrected chi connectivity index (χ1v) is 11.6. The molecule has 11 heteroatoms. The number of H-pyrrole nitrogens is 1. The predicted octanol–water partition coefficient (Wildman–Crippen LogP) is 1.77. The fourth-order valence-corrected chi connectivity index (χ4v) is 4.86. The minimum Gasteiger partial charge on any atom is -0.388 e. The van der Waals surface area contributed by atoms with E-state index in [-0.39, 0.29) is 12.8 Å². The zero-order valence-electron chi connectivity index (χ0n) is 18.3. The number of hydrogen-bond acceptors (Lipinski definition) is 8. The molecule has 1 fully saturated rings. The van der Waals surface area contributed by atoms with E-state index in [0.717, 1.165) is 0 Å². The molecule has 1 aliphatic heterocycles. The second kappa shape index (κ2) is 9.16. The van der Waals surface area contributed by atoms with Crippen molar-refractivity contribution in [3.63, 3.8) is 0 Å².